The fraction of sp³-hybridized carbons (Fsp3) is 0.500. The largest absolute Gasteiger partial charge is 0.350 e. The van der Waals surface area contributed by atoms with E-state index in [0.29, 0.717) is 25.8 Å². The van der Waals surface area contributed by atoms with Crippen LogP contribution in [-0.4, -0.2) is 51.9 Å². The van der Waals surface area contributed by atoms with E-state index in [-0.39, 0.29) is 17.4 Å². The molecule has 0 spiro atoms. The van der Waals surface area contributed by atoms with Gasteiger partial charge in [0.15, 0.2) is 0 Å². The Morgan fingerprint density at radius 1 is 1.31 bits per heavy atom. The molecule has 1 aromatic carbocycles. The lowest BCUT2D eigenvalue weighted by Crippen LogP contribution is -2.44. The van der Waals surface area contributed by atoms with Gasteiger partial charge in [0.1, 0.15) is 0 Å². The van der Waals surface area contributed by atoms with Crippen molar-refractivity contribution in [1.82, 2.24) is 20.0 Å². The van der Waals surface area contributed by atoms with Crippen LogP contribution in [0.2, 0.25) is 0 Å². The molecule has 1 aromatic heterocycles. The number of carbonyl (C=O) groups excluding carboxylic acids is 2. The van der Waals surface area contributed by atoms with Crippen molar-refractivity contribution < 1.29 is 9.59 Å². The van der Waals surface area contributed by atoms with E-state index in [1.54, 1.807) is 21.3 Å². The Labute approximate surface area is 177 Å². The van der Waals surface area contributed by atoms with Gasteiger partial charge in [-0.15, -0.1) is 11.8 Å². The zero-order chi connectivity index (χ0) is 20.9. The van der Waals surface area contributed by atoms with E-state index >= 15 is 0 Å². The second-order valence-electron chi connectivity index (χ2n) is 7.94. The summed E-state index contributed by atoms with van der Waals surface area (Å²) in [5, 5.41) is 7.34. The first-order valence-electron chi connectivity index (χ1n) is 10.0. The Kier molecular flexibility index (Phi) is 7.00. The SMILES string of the molecule is CSc1ccc(CC2(CCC(=O)N(C)CCc3cnn(C)c3)CCC(=O)N2)cc1. The molecule has 1 unspecified atom stereocenters. The third-order valence-electron chi connectivity index (χ3n) is 5.67. The summed E-state index contributed by atoms with van der Waals surface area (Å²) in [6.45, 7) is 0.667. The summed E-state index contributed by atoms with van der Waals surface area (Å²) >= 11 is 1.72. The molecule has 1 N–H and O–H groups in total. The predicted molar refractivity (Wildman–Crippen MR) is 116 cm³/mol. The van der Waals surface area contributed by atoms with Crippen LogP contribution in [0.1, 0.15) is 36.8 Å². The highest BCUT2D eigenvalue weighted by Crippen LogP contribution is 2.30. The first-order chi connectivity index (χ1) is 13.9. The fourth-order valence-electron chi connectivity index (χ4n) is 3.88. The minimum Gasteiger partial charge on any atom is -0.350 e. The molecule has 0 radical (unpaired) electrons. The van der Waals surface area contributed by atoms with Crippen molar-refractivity contribution in [3.63, 3.8) is 0 Å². The number of amides is 2. The number of hydrogen-bond acceptors (Lipinski definition) is 4. The van der Waals surface area contributed by atoms with Crippen LogP contribution in [0.15, 0.2) is 41.6 Å². The molecule has 1 aliphatic rings. The minimum absolute atomic E-state index is 0.0862. The lowest BCUT2D eigenvalue weighted by molar-refractivity contribution is -0.130. The maximum absolute atomic E-state index is 12.7. The monoisotopic (exact) mass is 414 g/mol. The number of thioether (sulfide) groups is 1. The molecule has 0 bridgehead atoms. The first-order valence-corrected chi connectivity index (χ1v) is 11.3. The summed E-state index contributed by atoms with van der Waals surface area (Å²) in [7, 11) is 3.74. The van der Waals surface area contributed by atoms with Crippen molar-refractivity contribution in [2.24, 2.45) is 7.05 Å². The summed E-state index contributed by atoms with van der Waals surface area (Å²) < 4.78 is 1.77. The molecule has 1 atom stereocenters. The third-order valence-corrected chi connectivity index (χ3v) is 6.42. The third kappa shape index (κ3) is 5.85. The van der Waals surface area contributed by atoms with Crippen molar-refractivity contribution >= 4 is 23.6 Å². The van der Waals surface area contributed by atoms with Crippen LogP contribution in [0.25, 0.3) is 0 Å². The Morgan fingerprint density at radius 2 is 2.07 bits per heavy atom. The number of carbonyl (C=O) groups is 2. The maximum atomic E-state index is 12.7. The van der Waals surface area contributed by atoms with Gasteiger partial charge in [0.25, 0.3) is 0 Å². The molecule has 3 rings (SSSR count). The van der Waals surface area contributed by atoms with Crippen LogP contribution in [0, 0.1) is 0 Å². The van der Waals surface area contributed by atoms with Crippen molar-refractivity contribution in [3.05, 3.63) is 47.8 Å². The van der Waals surface area contributed by atoms with Crippen LogP contribution in [0.3, 0.4) is 0 Å². The Morgan fingerprint density at radius 3 is 2.66 bits per heavy atom. The first kappa shape index (κ1) is 21.4. The zero-order valence-corrected chi connectivity index (χ0v) is 18.3. The lowest BCUT2D eigenvalue weighted by atomic mass is 9.85. The van der Waals surface area contributed by atoms with Crippen LogP contribution in [-0.2, 0) is 29.5 Å². The van der Waals surface area contributed by atoms with Crippen LogP contribution < -0.4 is 5.32 Å². The summed E-state index contributed by atoms with van der Waals surface area (Å²) in [5.41, 5.74) is 2.00. The summed E-state index contributed by atoms with van der Waals surface area (Å²) in [5.74, 6) is 0.204. The number of benzene rings is 1. The minimum atomic E-state index is -0.322. The van der Waals surface area contributed by atoms with E-state index < -0.39 is 0 Å². The molecule has 1 saturated heterocycles. The number of nitrogens with one attached hydrogen (secondary N) is 1. The van der Waals surface area contributed by atoms with Gasteiger partial charge in [-0.25, -0.2) is 0 Å². The second-order valence-corrected chi connectivity index (χ2v) is 8.82. The molecule has 1 fully saturated rings. The zero-order valence-electron chi connectivity index (χ0n) is 17.5. The molecule has 2 amide bonds. The van der Waals surface area contributed by atoms with Gasteiger partial charge in [-0.05, 0) is 55.2 Å². The quantitative estimate of drug-likeness (QED) is 0.641. The van der Waals surface area contributed by atoms with Crippen molar-refractivity contribution in [2.75, 3.05) is 19.8 Å². The van der Waals surface area contributed by atoms with E-state index in [9.17, 15) is 9.59 Å². The van der Waals surface area contributed by atoms with Crippen molar-refractivity contribution in [2.45, 2.75) is 49.0 Å². The topological polar surface area (TPSA) is 67.2 Å². The van der Waals surface area contributed by atoms with Crippen molar-refractivity contribution in [3.8, 4) is 0 Å². The molecule has 29 heavy (non-hydrogen) atoms. The van der Waals surface area contributed by atoms with Gasteiger partial charge >= 0.3 is 0 Å². The van der Waals surface area contributed by atoms with Gasteiger partial charge in [0.05, 0.1) is 6.20 Å². The van der Waals surface area contributed by atoms with E-state index in [4.69, 9.17) is 0 Å². The van der Waals surface area contributed by atoms with Crippen LogP contribution >= 0.6 is 11.8 Å². The number of aromatic nitrogens is 2. The number of hydrogen-bond donors (Lipinski definition) is 1. The van der Waals surface area contributed by atoms with Gasteiger partial charge in [0.2, 0.25) is 11.8 Å². The summed E-state index contributed by atoms with van der Waals surface area (Å²) in [6.07, 6.45) is 9.85. The second kappa shape index (κ2) is 9.48. The number of likely N-dealkylation sites (N-methyl/N-ethyl adjacent to an activating group) is 1. The highest BCUT2D eigenvalue weighted by Gasteiger charge is 2.38. The van der Waals surface area contributed by atoms with E-state index in [1.165, 1.54) is 10.5 Å². The highest BCUT2D eigenvalue weighted by molar-refractivity contribution is 7.98. The van der Waals surface area contributed by atoms with Gasteiger partial charge in [0, 0.05) is 50.1 Å². The Balaban J connectivity index is 1.56. The van der Waals surface area contributed by atoms with Gasteiger partial charge in [-0.1, -0.05) is 12.1 Å². The lowest BCUT2D eigenvalue weighted by Gasteiger charge is -2.30. The summed E-state index contributed by atoms with van der Waals surface area (Å²) in [4.78, 5) is 27.7. The van der Waals surface area contributed by atoms with E-state index in [1.807, 2.05) is 26.5 Å². The molecule has 2 heterocycles. The standard InChI is InChI=1S/C22H30N4O2S/c1-25(13-10-18-15-23-26(2)16-18)21(28)9-12-22(11-8-20(27)24-22)14-17-4-6-19(29-3)7-5-17/h4-7,15-16H,8-14H2,1-3H3,(H,24,27). The predicted octanol–water partition coefficient (Wildman–Crippen LogP) is 2.81. The Bertz CT molecular complexity index is 849. The van der Waals surface area contributed by atoms with Gasteiger partial charge < -0.3 is 10.2 Å². The van der Waals surface area contributed by atoms with Gasteiger partial charge in [-0.3, -0.25) is 14.3 Å². The molecule has 0 aliphatic carbocycles. The average Bonchev–Trinajstić information content (AvgIpc) is 3.30. The normalized spacial score (nSPS) is 18.7. The molecule has 156 valence electrons. The number of nitrogens with zero attached hydrogens (tertiary/aromatic N) is 3. The van der Waals surface area contributed by atoms with Crippen LogP contribution in [0.5, 0.6) is 0 Å². The van der Waals surface area contributed by atoms with Crippen molar-refractivity contribution in [1.29, 1.82) is 0 Å². The number of aryl methyl sites for hydroxylation is 1. The number of rotatable bonds is 9. The molecule has 0 saturated carbocycles. The van der Waals surface area contributed by atoms with Crippen LogP contribution in [0.4, 0.5) is 0 Å². The molecular weight excluding hydrogens is 384 g/mol. The van der Waals surface area contributed by atoms with E-state index in [0.717, 1.165) is 24.8 Å². The maximum Gasteiger partial charge on any atom is 0.222 e. The molecular formula is C22H30N4O2S. The van der Waals surface area contributed by atoms with Gasteiger partial charge in [-0.2, -0.15) is 5.10 Å². The summed E-state index contributed by atoms with van der Waals surface area (Å²) in [6, 6.07) is 8.48. The average molecular weight is 415 g/mol. The smallest absolute Gasteiger partial charge is 0.222 e. The highest BCUT2D eigenvalue weighted by atomic mass is 32.2. The Hall–Kier alpha value is -2.28. The molecule has 1 aliphatic heterocycles. The molecule has 6 nitrogen and oxygen atoms in total. The fourth-order valence-corrected chi connectivity index (χ4v) is 4.28. The molecule has 7 heteroatoms. The van der Waals surface area contributed by atoms with E-state index in [2.05, 4.69) is 40.9 Å². The molecule has 2 aromatic rings.